The monoisotopic (exact) mass is 516 g/mol. The fraction of sp³-hybridized carbons (Fsp3) is 0.947. The van der Waals surface area contributed by atoms with Gasteiger partial charge in [-0.3, -0.25) is 9.20 Å². The maximum absolute atomic E-state index is 12.1. The van der Waals surface area contributed by atoms with Gasteiger partial charge in [0, 0.05) is 53.5 Å². The van der Waals surface area contributed by atoms with Gasteiger partial charge in [0.2, 0.25) is 0 Å². The highest BCUT2D eigenvalue weighted by atomic mass is 127. The minimum atomic E-state index is -0.857. The van der Waals surface area contributed by atoms with Crippen LogP contribution in [-0.2, 0) is 15.5 Å². The molecule has 162 valence electrons. The number of likely N-dealkylation sites (tertiary alicyclic amines) is 1. The van der Waals surface area contributed by atoms with E-state index < -0.39 is 10.8 Å². The third-order valence-corrected chi connectivity index (χ3v) is 6.28. The molecule has 1 saturated heterocycles. The lowest BCUT2D eigenvalue weighted by Crippen LogP contribution is -2.49. The van der Waals surface area contributed by atoms with E-state index in [1.165, 1.54) is 0 Å². The Labute approximate surface area is 186 Å². The molecule has 0 aromatic rings. The molecule has 27 heavy (non-hydrogen) atoms. The van der Waals surface area contributed by atoms with Gasteiger partial charge in [-0.2, -0.15) is 0 Å². The Hall–Kier alpha value is 0.0700. The molecule has 1 heterocycles. The first-order chi connectivity index (χ1) is 12.2. The lowest BCUT2D eigenvalue weighted by molar-refractivity contribution is 0.0532. The van der Waals surface area contributed by atoms with E-state index in [4.69, 9.17) is 4.74 Å². The van der Waals surface area contributed by atoms with Crippen LogP contribution >= 0.6 is 24.0 Å². The molecule has 1 rings (SSSR count). The molecule has 0 radical (unpaired) electrons. The van der Waals surface area contributed by atoms with Crippen LogP contribution in [0.15, 0.2) is 4.99 Å². The molecule has 8 heteroatoms. The summed E-state index contributed by atoms with van der Waals surface area (Å²) in [5.74, 6) is 1.45. The van der Waals surface area contributed by atoms with Crippen molar-refractivity contribution in [1.82, 2.24) is 15.5 Å². The van der Waals surface area contributed by atoms with Crippen molar-refractivity contribution in [3.05, 3.63) is 0 Å². The lowest BCUT2D eigenvalue weighted by Gasteiger charge is -2.33. The van der Waals surface area contributed by atoms with Gasteiger partial charge >= 0.3 is 0 Å². The first-order valence-corrected chi connectivity index (χ1v) is 11.3. The Morgan fingerprint density at radius 2 is 1.93 bits per heavy atom. The van der Waals surface area contributed by atoms with Gasteiger partial charge in [-0.15, -0.1) is 24.0 Å². The van der Waals surface area contributed by atoms with Crippen molar-refractivity contribution in [3.8, 4) is 0 Å². The Balaban J connectivity index is 0.00000676. The van der Waals surface area contributed by atoms with E-state index in [1.807, 2.05) is 20.8 Å². The SMILES string of the molecule is CCNC(=NCCS(=O)C(C)(C)C)NC1CCN(CCOC(C)C)CC1.I. The van der Waals surface area contributed by atoms with Crippen molar-refractivity contribution in [2.75, 3.05) is 45.1 Å². The summed E-state index contributed by atoms with van der Waals surface area (Å²) in [4.78, 5) is 7.09. The predicted octanol–water partition coefficient (Wildman–Crippen LogP) is 2.60. The Kier molecular flexibility index (Phi) is 14.2. The van der Waals surface area contributed by atoms with Crippen LogP contribution < -0.4 is 10.6 Å². The van der Waals surface area contributed by atoms with Gasteiger partial charge in [0.15, 0.2) is 5.96 Å². The van der Waals surface area contributed by atoms with Crippen molar-refractivity contribution in [1.29, 1.82) is 0 Å². The maximum atomic E-state index is 12.1. The van der Waals surface area contributed by atoms with Crippen LogP contribution in [0.1, 0.15) is 54.4 Å². The van der Waals surface area contributed by atoms with Gasteiger partial charge in [0.1, 0.15) is 0 Å². The summed E-state index contributed by atoms with van der Waals surface area (Å²) in [7, 11) is -0.857. The number of halogens is 1. The van der Waals surface area contributed by atoms with Crippen LogP contribution in [0.3, 0.4) is 0 Å². The van der Waals surface area contributed by atoms with Crippen molar-refractivity contribution in [2.24, 2.45) is 4.99 Å². The van der Waals surface area contributed by atoms with Crippen molar-refractivity contribution < 1.29 is 8.95 Å². The number of rotatable bonds is 9. The zero-order valence-electron chi connectivity index (χ0n) is 18.0. The number of aliphatic imine (C=N–C) groups is 1. The molecule has 1 fully saturated rings. The molecular formula is C19H41IN4O2S. The molecule has 2 N–H and O–H groups in total. The van der Waals surface area contributed by atoms with Gasteiger partial charge in [0.25, 0.3) is 0 Å². The fourth-order valence-electron chi connectivity index (χ4n) is 2.78. The van der Waals surface area contributed by atoms with Crippen LogP contribution in [0.5, 0.6) is 0 Å². The first-order valence-electron chi connectivity index (χ1n) is 9.99. The number of piperidine rings is 1. The second-order valence-electron chi connectivity index (χ2n) is 8.10. The summed E-state index contributed by atoms with van der Waals surface area (Å²) < 4.78 is 17.6. The normalized spacial score (nSPS) is 18.3. The maximum Gasteiger partial charge on any atom is 0.191 e. The molecule has 1 unspecified atom stereocenters. The number of guanidine groups is 1. The average molecular weight is 517 g/mol. The number of hydrogen-bond donors (Lipinski definition) is 2. The van der Waals surface area contributed by atoms with Crippen LogP contribution in [0.4, 0.5) is 0 Å². The molecule has 0 aliphatic carbocycles. The highest BCUT2D eigenvalue weighted by Gasteiger charge is 2.21. The Morgan fingerprint density at radius 3 is 2.44 bits per heavy atom. The molecule has 1 aliphatic rings. The largest absolute Gasteiger partial charge is 0.377 e. The minimum Gasteiger partial charge on any atom is -0.377 e. The molecule has 1 atom stereocenters. The van der Waals surface area contributed by atoms with Gasteiger partial charge in [0.05, 0.1) is 19.3 Å². The Bertz CT molecular complexity index is 447. The third kappa shape index (κ3) is 12.3. The van der Waals surface area contributed by atoms with Gasteiger partial charge < -0.3 is 20.3 Å². The molecular weight excluding hydrogens is 475 g/mol. The van der Waals surface area contributed by atoms with Gasteiger partial charge in [-0.1, -0.05) is 0 Å². The van der Waals surface area contributed by atoms with Crippen molar-refractivity contribution >= 4 is 40.7 Å². The summed E-state index contributed by atoms with van der Waals surface area (Å²) >= 11 is 0. The van der Waals surface area contributed by atoms with Crippen molar-refractivity contribution in [3.63, 3.8) is 0 Å². The second kappa shape index (κ2) is 14.1. The quantitative estimate of drug-likeness (QED) is 0.280. The fourth-order valence-corrected chi connectivity index (χ4v) is 3.65. The molecule has 0 aromatic heterocycles. The highest BCUT2D eigenvalue weighted by Crippen LogP contribution is 2.11. The zero-order valence-corrected chi connectivity index (χ0v) is 21.2. The van der Waals surface area contributed by atoms with Crippen molar-refractivity contribution in [2.45, 2.75) is 71.3 Å². The molecule has 0 saturated carbocycles. The molecule has 0 aromatic carbocycles. The van der Waals surface area contributed by atoms with E-state index in [2.05, 4.69) is 41.3 Å². The predicted molar refractivity (Wildman–Crippen MR) is 128 cm³/mol. The molecule has 0 spiro atoms. The summed E-state index contributed by atoms with van der Waals surface area (Å²) in [5, 5.41) is 6.85. The van der Waals surface area contributed by atoms with E-state index in [9.17, 15) is 4.21 Å². The zero-order chi connectivity index (χ0) is 19.6. The third-order valence-electron chi connectivity index (χ3n) is 4.36. The number of nitrogens with zero attached hydrogens (tertiary/aromatic N) is 2. The van der Waals surface area contributed by atoms with E-state index in [0.29, 0.717) is 24.4 Å². The van der Waals surface area contributed by atoms with E-state index in [0.717, 1.165) is 51.6 Å². The van der Waals surface area contributed by atoms with Crippen LogP contribution in [0.25, 0.3) is 0 Å². The highest BCUT2D eigenvalue weighted by molar-refractivity contribution is 14.0. The average Bonchev–Trinajstić information content (AvgIpc) is 2.55. The van der Waals surface area contributed by atoms with E-state index >= 15 is 0 Å². The second-order valence-corrected chi connectivity index (χ2v) is 10.4. The summed E-state index contributed by atoms with van der Waals surface area (Å²) in [6, 6.07) is 0.447. The van der Waals surface area contributed by atoms with Crippen LogP contribution in [0, 0.1) is 0 Å². The van der Waals surface area contributed by atoms with Gasteiger partial charge in [-0.05, 0) is 54.4 Å². The number of hydrogen-bond acceptors (Lipinski definition) is 4. The Morgan fingerprint density at radius 1 is 1.30 bits per heavy atom. The topological polar surface area (TPSA) is 66.0 Å². The van der Waals surface area contributed by atoms with Gasteiger partial charge in [-0.25, -0.2) is 0 Å². The molecule has 6 nitrogen and oxygen atoms in total. The van der Waals surface area contributed by atoms with Crippen LogP contribution in [-0.4, -0.2) is 77.0 Å². The standard InChI is InChI=1S/C19H40N4O2S.HI/c1-7-20-18(21-10-15-26(24)19(4,5)6)22-17-8-11-23(12-9-17)13-14-25-16(2)3;/h16-17H,7-15H2,1-6H3,(H2,20,21,22);1H. The smallest absolute Gasteiger partial charge is 0.191 e. The molecule has 1 aliphatic heterocycles. The first kappa shape index (κ1) is 27.1. The summed E-state index contributed by atoms with van der Waals surface area (Å²) in [6.07, 6.45) is 2.53. The minimum absolute atomic E-state index is 0. The summed E-state index contributed by atoms with van der Waals surface area (Å²) in [6.45, 7) is 17.7. The number of nitrogens with one attached hydrogen (secondary N) is 2. The number of ether oxygens (including phenoxy) is 1. The van der Waals surface area contributed by atoms with Crippen LogP contribution in [0.2, 0.25) is 0 Å². The lowest BCUT2D eigenvalue weighted by atomic mass is 10.1. The molecule has 0 bridgehead atoms. The van der Waals surface area contributed by atoms with E-state index in [1.54, 1.807) is 0 Å². The summed E-state index contributed by atoms with van der Waals surface area (Å²) in [5.41, 5.74) is 0. The molecule has 0 amide bonds. The van der Waals surface area contributed by atoms with E-state index in [-0.39, 0.29) is 28.7 Å².